The van der Waals surface area contributed by atoms with Gasteiger partial charge in [0.25, 0.3) is 5.69 Å². The second-order valence-electron chi connectivity index (χ2n) is 3.38. The molecule has 0 spiro atoms. The van der Waals surface area contributed by atoms with Gasteiger partial charge in [0.2, 0.25) is 5.66 Å². The maximum absolute atomic E-state index is 10.5. The van der Waals surface area contributed by atoms with E-state index in [0.29, 0.717) is 0 Å². The maximum atomic E-state index is 10.5. The lowest BCUT2D eigenvalue weighted by Gasteiger charge is -2.12. The second-order valence-corrected chi connectivity index (χ2v) is 5.27. The van der Waals surface area contributed by atoms with Crippen LogP contribution in [0.15, 0.2) is 24.3 Å². The molecule has 0 saturated heterocycles. The molecule has 0 heterocycles. The van der Waals surface area contributed by atoms with Crippen molar-refractivity contribution in [3.63, 3.8) is 0 Å². The van der Waals surface area contributed by atoms with Gasteiger partial charge in [-0.15, -0.1) is 0 Å². The number of nitro benzene ring substituents is 1. The highest BCUT2D eigenvalue weighted by atomic mass is 31.2. The van der Waals surface area contributed by atoms with E-state index in [1.807, 2.05) is 0 Å². The van der Waals surface area contributed by atoms with Crippen molar-refractivity contribution in [2.24, 2.45) is 0 Å². The van der Waals surface area contributed by atoms with Crippen LogP contribution in [0, 0.1) is 10.1 Å². The van der Waals surface area contributed by atoms with Crippen LogP contribution in [-0.4, -0.2) is 38.2 Å². The molecule has 1 rings (SSSR count). The summed E-state index contributed by atoms with van der Waals surface area (Å²) in [5, 5.41) is 10.4. The Morgan fingerprint density at radius 1 is 1.33 bits per heavy atom. The summed E-state index contributed by atoms with van der Waals surface area (Å²) < 4.78 is 5.01. The summed E-state index contributed by atoms with van der Waals surface area (Å²) in [4.78, 5) is 47.0. The first-order valence-electron chi connectivity index (χ1n) is 4.74. The van der Waals surface area contributed by atoms with E-state index < -0.39 is 25.1 Å². The van der Waals surface area contributed by atoms with Gasteiger partial charge in [-0.1, -0.05) is 0 Å². The van der Waals surface area contributed by atoms with E-state index >= 15 is 0 Å². The van der Waals surface area contributed by atoms with Gasteiger partial charge in [0.05, 0.1) is 4.92 Å². The molecule has 0 aromatic heterocycles. The highest BCUT2D eigenvalue weighted by molar-refractivity contribution is 7.60. The van der Waals surface area contributed by atoms with E-state index in [1.165, 1.54) is 24.3 Å². The van der Waals surface area contributed by atoms with Crippen LogP contribution in [0.25, 0.3) is 0 Å². The van der Waals surface area contributed by atoms with Crippen LogP contribution in [0.5, 0.6) is 5.75 Å². The SMILES string of the molecule is O=CC(COc1ccc([N+](=O)[O-])cc1)[P+](O)(O)O. The monoisotopic (exact) mass is 276 g/mol. The first-order chi connectivity index (χ1) is 8.34. The minimum Gasteiger partial charge on any atom is -0.489 e. The number of ether oxygens (including phenoxy) is 1. The van der Waals surface area contributed by atoms with Crippen LogP contribution >= 0.6 is 7.94 Å². The largest absolute Gasteiger partial charge is 0.489 e. The van der Waals surface area contributed by atoms with Gasteiger partial charge >= 0.3 is 7.94 Å². The van der Waals surface area contributed by atoms with Crippen molar-refractivity contribution >= 4 is 19.9 Å². The van der Waals surface area contributed by atoms with E-state index in [9.17, 15) is 14.9 Å². The Kier molecular flexibility index (Phi) is 4.69. The molecule has 18 heavy (non-hydrogen) atoms. The summed E-state index contributed by atoms with van der Waals surface area (Å²) in [6.07, 6.45) is 0.180. The van der Waals surface area contributed by atoms with Gasteiger partial charge in [0.1, 0.15) is 12.4 Å². The van der Waals surface area contributed by atoms with Gasteiger partial charge in [-0.05, 0) is 12.1 Å². The average Bonchev–Trinajstić information content (AvgIpc) is 2.28. The molecule has 98 valence electrons. The predicted octanol–water partition coefficient (Wildman–Crippen LogP) is 0.281. The molecule has 1 unspecified atom stereocenters. The molecule has 0 radical (unpaired) electrons. The van der Waals surface area contributed by atoms with Crippen LogP contribution in [0.3, 0.4) is 0 Å². The van der Waals surface area contributed by atoms with Crippen molar-refractivity contribution in [3.8, 4) is 5.75 Å². The minimum atomic E-state index is -4.29. The fourth-order valence-corrected chi connectivity index (χ4v) is 1.50. The summed E-state index contributed by atoms with van der Waals surface area (Å²) in [6.45, 7) is -0.432. The van der Waals surface area contributed by atoms with Gasteiger partial charge < -0.3 is 4.74 Å². The van der Waals surface area contributed by atoms with Crippen LogP contribution in [0.4, 0.5) is 5.69 Å². The Balaban J connectivity index is 2.63. The fraction of sp³-hybridized carbons (Fsp3) is 0.222. The third-order valence-corrected chi connectivity index (χ3v) is 3.23. The third-order valence-electron chi connectivity index (χ3n) is 2.07. The molecule has 1 aromatic carbocycles. The van der Waals surface area contributed by atoms with E-state index in [-0.39, 0.29) is 17.7 Å². The quantitative estimate of drug-likeness (QED) is 0.294. The molecule has 0 bridgehead atoms. The number of hydrogen-bond acceptors (Lipinski definition) is 7. The van der Waals surface area contributed by atoms with Crippen molar-refractivity contribution in [2.45, 2.75) is 5.66 Å². The first kappa shape index (κ1) is 14.5. The van der Waals surface area contributed by atoms with E-state index in [2.05, 4.69) is 0 Å². The Morgan fingerprint density at radius 2 is 1.89 bits per heavy atom. The number of non-ortho nitro benzene ring substituents is 1. The van der Waals surface area contributed by atoms with Gasteiger partial charge in [-0.3, -0.25) is 14.9 Å². The Labute approximate surface area is 102 Å². The van der Waals surface area contributed by atoms with Crippen molar-refractivity contribution in [1.82, 2.24) is 0 Å². The number of carbonyl (C=O) groups excluding carboxylic acids is 1. The summed E-state index contributed by atoms with van der Waals surface area (Å²) >= 11 is 0. The molecule has 0 amide bonds. The first-order valence-corrected chi connectivity index (χ1v) is 6.45. The molecule has 0 fully saturated rings. The molecule has 1 atom stereocenters. The van der Waals surface area contributed by atoms with Crippen LogP contribution in [-0.2, 0) is 4.79 Å². The van der Waals surface area contributed by atoms with Crippen molar-refractivity contribution in [3.05, 3.63) is 34.4 Å². The number of nitrogens with zero attached hydrogens (tertiary/aromatic N) is 1. The lowest BCUT2D eigenvalue weighted by molar-refractivity contribution is -0.384. The lowest BCUT2D eigenvalue weighted by atomic mass is 10.3. The summed E-state index contributed by atoms with van der Waals surface area (Å²) in [5.74, 6) is 0.209. The Morgan fingerprint density at radius 3 is 2.28 bits per heavy atom. The topological polar surface area (TPSA) is 130 Å². The predicted molar refractivity (Wildman–Crippen MR) is 62.0 cm³/mol. The Bertz CT molecular complexity index is 428. The third kappa shape index (κ3) is 4.01. The molecule has 8 nitrogen and oxygen atoms in total. The molecule has 3 N–H and O–H groups in total. The van der Waals surface area contributed by atoms with Crippen LogP contribution < -0.4 is 4.74 Å². The molecule has 0 aliphatic carbocycles. The van der Waals surface area contributed by atoms with E-state index in [4.69, 9.17) is 19.4 Å². The van der Waals surface area contributed by atoms with Gasteiger partial charge in [0.15, 0.2) is 6.29 Å². The second kappa shape index (κ2) is 5.83. The molecule has 1 aromatic rings. The summed E-state index contributed by atoms with van der Waals surface area (Å²) in [7, 11) is -4.29. The molecular formula is C9H11NO7P+. The van der Waals surface area contributed by atoms with Crippen LogP contribution in [0.1, 0.15) is 0 Å². The average molecular weight is 276 g/mol. The molecular weight excluding hydrogens is 265 g/mol. The van der Waals surface area contributed by atoms with Crippen molar-refractivity contribution in [1.29, 1.82) is 0 Å². The highest BCUT2D eigenvalue weighted by Gasteiger charge is 2.43. The number of rotatable bonds is 6. The van der Waals surface area contributed by atoms with Gasteiger partial charge in [0, 0.05) is 12.1 Å². The van der Waals surface area contributed by atoms with E-state index in [0.717, 1.165) is 0 Å². The fourth-order valence-electron chi connectivity index (χ4n) is 1.07. The normalized spacial score (nSPS) is 12.8. The zero-order valence-electron chi connectivity index (χ0n) is 9.04. The molecule has 9 heteroatoms. The zero-order chi connectivity index (χ0) is 13.8. The number of hydrogen-bond donors (Lipinski definition) is 3. The van der Waals surface area contributed by atoms with Gasteiger partial charge in [-0.25, -0.2) is 0 Å². The molecule has 0 aliphatic heterocycles. The zero-order valence-corrected chi connectivity index (χ0v) is 9.93. The van der Waals surface area contributed by atoms with Gasteiger partial charge in [-0.2, -0.15) is 14.7 Å². The number of benzene rings is 1. The summed E-state index contributed by atoms with van der Waals surface area (Å²) in [6, 6.07) is 4.99. The smallest absolute Gasteiger partial charge is 0.417 e. The minimum absolute atomic E-state index is 0.123. The number of aldehydes is 1. The highest BCUT2D eigenvalue weighted by Crippen LogP contribution is 2.49. The number of nitro groups is 1. The Hall–Kier alpha value is -1.60. The number of carbonyl (C=O) groups is 1. The van der Waals surface area contributed by atoms with Crippen molar-refractivity contribution in [2.75, 3.05) is 6.61 Å². The maximum Gasteiger partial charge on any atom is 0.417 e. The van der Waals surface area contributed by atoms with E-state index in [1.54, 1.807) is 0 Å². The van der Waals surface area contributed by atoms with Crippen LogP contribution in [0.2, 0.25) is 0 Å². The lowest BCUT2D eigenvalue weighted by Crippen LogP contribution is -2.23. The molecule has 0 saturated carbocycles. The molecule has 0 aliphatic rings. The van der Waals surface area contributed by atoms with Crippen molar-refractivity contribution < 1.29 is 29.1 Å². The summed E-state index contributed by atoms with van der Waals surface area (Å²) in [5.41, 5.74) is -1.56. The standard InChI is InChI=1S/C9H11NO7P/c11-5-9(18(14,15)16)6-17-8-3-1-7(2-4-8)10(12)13/h1-5,9,14-16H,6H2/q+1.